The molecule has 1 aliphatic carbocycles. The fourth-order valence-corrected chi connectivity index (χ4v) is 2.33. The molecule has 1 N–H and O–H groups in total. The minimum Gasteiger partial charge on any atom is -0.461 e. The molecule has 0 atom stereocenters. The van der Waals surface area contributed by atoms with Crippen molar-refractivity contribution in [1.29, 1.82) is 0 Å². The fourth-order valence-electron chi connectivity index (χ4n) is 2.33. The third kappa shape index (κ3) is 3.91. The number of ether oxygens (including phenoxy) is 1. The minimum atomic E-state index is -0.398. The Morgan fingerprint density at radius 3 is 2.84 bits per heavy atom. The van der Waals surface area contributed by atoms with Gasteiger partial charge in [-0.05, 0) is 44.6 Å². The van der Waals surface area contributed by atoms with Crippen LogP contribution in [0.2, 0.25) is 0 Å². The Hall–Kier alpha value is -1.65. The van der Waals surface area contributed by atoms with E-state index >= 15 is 0 Å². The van der Waals surface area contributed by atoms with Crippen LogP contribution in [0.15, 0.2) is 12.3 Å². The molecule has 1 aliphatic rings. The fraction of sp³-hybridized carbons (Fsp3) is 0.643. The average Bonchev–Trinajstić information content (AvgIpc) is 2.42. The van der Waals surface area contributed by atoms with Crippen molar-refractivity contribution in [3.8, 4) is 0 Å². The molecule has 0 radical (unpaired) electrons. The van der Waals surface area contributed by atoms with Crippen molar-refractivity contribution in [3.63, 3.8) is 0 Å². The van der Waals surface area contributed by atoms with Crippen molar-refractivity contribution >= 4 is 11.9 Å². The van der Waals surface area contributed by atoms with Crippen molar-refractivity contribution in [1.82, 2.24) is 9.97 Å². The molecule has 5 heteroatoms. The number of hydrogen-bond donors (Lipinski definition) is 1. The molecule has 0 bridgehead atoms. The van der Waals surface area contributed by atoms with Gasteiger partial charge in [0.25, 0.3) is 0 Å². The van der Waals surface area contributed by atoms with E-state index < -0.39 is 5.97 Å². The van der Waals surface area contributed by atoms with Crippen LogP contribution in [0.5, 0.6) is 0 Å². The summed E-state index contributed by atoms with van der Waals surface area (Å²) in [5.74, 6) is 0.931. The molecule has 0 saturated heterocycles. The summed E-state index contributed by atoms with van der Waals surface area (Å²) in [6, 6.07) is 1.99. The molecular weight excluding hydrogens is 242 g/mol. The number of esters is 1. The highest BCUT2D eigenvalue weighted by molar-refractivity contribution is 5.87. The second-order valence-electron chi connectivity index (χ2n) is 5.09. The second-order valence-corrected chi connectivity index (χ2v) is 5.09. The maximum Gasteiger partial charge on any atom is 0.357 e. The first-order chi connectivity index (χ1) is 9.19. The van der Waals surface area contributed by atoms with Gasteiger partial charge in [-0.1, -0.05) is 6.92 Å². The van der Waals surface area contributed by atoms with Gasteiger partial charge in [-0.25, -0.2) is 14.8 Å². The van der Waals surface area contributed by atoms with Crippen LogP contribution >= 0.6 is 0 Å². The zero-order chi connectivity index (χ0) is 13.7. The standard InChI is InChI=1S/C14H21N3O2/c1-3-19-13(18)12-8-9-15-14(17-12)16-11-6-4-10(2)5-7-11/h8-11H,3-7H2,1-2H3,(H,15,16,17). The minimum absolute atomic E-state index is 0.309. The Morgan fingerprint density at radius 2 is 2.16 bits per heavy atom. The highest BCUT2D eigenvalue weighted by atomic mass is 16.5. The van der Waals surface area contributed by atoms with Gasteiger partial charge in [0.05, 0.1) is 6.61 Å². The van der Waals surface area contributed by atoms with E-state index in [1.807, 2.05) is 0 Å². The van der Waals surface area contributed by atoms with Crippen LogP contribution in [-0.4, -0.2) is 28.6 Å². The Balaban J connectivity index is 1.97. The lowest BCUT2D eigenvalue weighted by Crippen LogP contribution is -2.26. The molecule has 5 nitrogen and oxygen atoms in total. The SMILES string of the molecule is CCOC(=O)c1ccnc(NC2CCC(C)CC2)n1. The van der Waals surface area contributed by atoms with E-state index in [1.165, 1.54) is 12.8 Å². The molecule has 1 aromatic heterocycles. The van der Waals surface area contributed by atoms with Gasteiger partial charge in [0.15, 0.2) is 5.69 Å². The molecule has 1 saturated carbocycles. The van der Waals surface area contributed by atoms with Crippen LogP contribution in [0.3, 0.4) is 0 Å². The van der Waals surface area contributed by atoms with Crippen molar-refractivity contribution in [2.45, 2.75) is 45.6 Å². The summed E-state index contributed by atoms with van der Waals surface area (Å²) in [6.45, 7) is 4.42. The zero-order valence-electron chi connectivity index (χ0n) is 11.6. The van der Waals surface area contributed by atoms with Crippen LogP contribution in [-0.2, 0) is 4.74 Å². The molecule has 1 fully saturated rings. The number of nitrogens with zero attached hydrogens (tertiary/aromatic N) is 2. The van der Waals surface area contributed by atoms with E-state index in [4.69, 9.17) is 4.74 Å². The summed E-state index contributed by atoms with van der Waals surface area (Å²) in [6.07, 6.45) is 6.32. The maximum absolute atomic E-state index is 11.6. The Morgan fingerprint density at radius 1 is 1.42 bits per heavy atom. The highest BCUT2D eigenvalue weighted by Crippen LogP contribution is 2.25. The molecule has 0 unspecified atom stereocenters. The van der Waals surface area contributed by atoms with Crippen LogP contribution in [0, 0.1) is 5.92 Å². The Labute approximate surface area is 113 Å². The summed E-state index contributed by atoms with van der Waals surface area (Å²) in [4.78, 5) is 20.0. The van der Waals surface area contributed by atoms with Gasteiger partial charge in [0, 0.05) is 12.2 Å². The lowest BCUT2D eigenvalue weighted by atomic mass is 9.87. The third-order valence-corrected chi connectivity index (χ3v) is 3.49. The van der Waals surface area contributed by atoms with Crippen molar-refractivity contribution in [3.05, 3.63) is 18.0 Å². The summed E-state index contributed by atoms with van der Waals surface area (Å²) in [5, 5.41) is 3.31. The number of hydrogen-bond acceptors (Lipinski definition) is 5. The molecule has 2 rings (SSSR count). The molecule has 1 aromatic rings. The summed E-state index contributed by atoms with van der Waals surface area (Å²) in [7, 11) is 0. The average molecular weight is 263 g/mol. The molecule has 104 valence electrons. The molecule has 19 heavy (non-hydrogen) atoms. The first-order valence-electron chi connectivity index (χ1n) is 6.95. The van der Waals surface area contributed by atoms with Gasteiger partial charge in [0.1, 0.15) is 0 Å². The normalized spacial score (nSPS) is 22.8. The van der Waals surface area contributed by atoms with E-state index in [9.17, 15) is 4.79 Å². The van der Waals surface area contributed by atoms with E-state index in [0.29, 0.717) is 24.3 Å². The molecule has 0 spiro atoms. The van der Waals surface area contributed by atoms with Crippen LogP contribution < -0.4 is 5.32 Å². The molecule has 0 aliphatic heterocycles. The molecule has 0 amide bonds. The number of carbonyl (C=O) groups excluding carboxylic acids is 1. The van der Waals surface area contributed by atoms with E-state index in [0.717, 1.165) is 18.8 Å². The first-order valence-corrected chi connectivity index (χ1v) is 6.95. The number of nitrogens with one attached hydrogen (secondary N) is 1. The Bertz CT molecular complexity index is 428. The van der Waals surface area contributed by atoms with Crippen molar-refractivity contribution in [2.75, 3.05) is 11.9 Å². The predicted molar refractivity (Wildman–Crippen MR) is 73.0 cm³/mol. The van der Waals surface area contributed by atoms with Gasteiger partial charge >= 0.3 is 5.97 Å². The Kier molecular flexibility index (Phi) is 4.71. The summed E-state index contributed by atoms with van der Waals surface area (Å²) in [5.41, 5.74) is 0.309. The lowest BCUT2D eigenvalue weighted by molar-refractivity contribution is 0.0519. The lowest BCUT2D eigenvalue weighted by Gasteiger charge is -2.26. The number of anilines is 1. The third-order valence-electron chi connectivity index (χ3n) is 3.49. The van der Waals surface area contributed by atoms with E-state index in [2.05, 4.69) is 22.2 Å². The van der Waals surface area contributed by atoms with Crippen molar-refractivity contribution < 1.29 is 9.53 Å². The van der Waals surface area contributed by atoms with Gasteiger partial charge < -0.3 is 10.1 Å². The maximum atomic E-state index is 11.6. The van der Waals surface area contributed by atoms with Gasteiger partial charge in [-0.15, -0.1) is 0 Å². The highest BCUT2D eigenvalue weighted by Gasteiger charge is 2.19. The quantitative estimate of drug-likeness (QED) is 0.846. The molecule has 1 heterocycles. The van der Waals surface area contributed by atoms with Crippen LogP contribution in [0.4, 0.5) is 5.95 Å². The predicted octanol–water partition coefficient (Wildman–Crippen LogP) is 2.64. The first kappa shape index (κ1) is 13.8. The summed E-state index contributed by atoms with van der Waals surface area (Å²) < 4.78 is 4.93. The van der Waals surface area contributed by atoms with Gasteiger partial charge in [-0.2, -0.15) is 0 Å². The largest absolute Gasteiger partial charge is 0.461 e. The molecule has 0 aromatic carbocycles. The topological polar surface area (TPSA) is 64.1 Å². The second kappa shape index (κ2) is 6.50. The number of aromatic nitrogens is 2. The number of carbonyl (C=O) groups is 1. The molecular formula is C14H21N3O2. The van der Waals surface area contributed by atoms with E-state index in [1.54, 1.807) is 19.2 Å². The number of rotatable bonds is 4. The van der Waals surface area contributed by atoms with Crippen LogP contribution in [0.1, 0.15) is 50.0 Å². The van der Waals surface area contributed by atoms with Gasteiger partial charge in [-0.3, -0.25) is 0 Å². The van der Waals surface area contributed by atoms with Gasteiger partial charge in [0.2, 0.25) is 5.95 Å². The monoisotopic (exact) mass is 263 g/mol. The zero-order valence-corrected chi connectivity index (χ0v) is 11.6. The summed E-state index contributed by atoms with van der Waals surface area (Å²) >= 11 is 0. The van der Waals surface area contributed by atoms with Crippen LogP contribution in [0.25, 0.3) is 0 Å². The van der Waals surface area contributed by atoms with E-state index in [-0.39, 0.29) is 0 Å². The smallest absolute Gasteiger partial charge is 0.357 e. The van der Waals surface area contributed by atoms with Crippen molar-refractivity contribution in [2.24, 2.45) is 5.92 Å².